The first-order valence-corrected chi connectivity index (χ1v) is 6.49. The molecule has 18 heavy (non-hydrogen) atoms. The molecule has 0 bridgehead atoms. The normalized spacial score (nSPS) is 11.4. The minimum Gasteiger partial charge on any atom is -0.493 e. The zero-order chi connectivity index (χ0) is 13.4. The molecule has 0 amide bonds. The van der Waals surface area contributed by atoms with Crippen LogP contribution in [0.25, 0.3) is 0 Å². The molecular weight excluding hydrogens is 250 g/mol. The number of benzene rings is 1. The lowest BCUT2D eigenvalue weighted by Gasteiger charge is -2.13. The molecule has 0 unspecified atom stereocenters. The highest BCUT2D eigenvalue weighted by molar-refractivity contribution is 6.25. The molecule has 1 rings (SSSR count). The fraction of sp³-hybridized carbons (Fsp3) is 0.429. The fourth-order valence-electron chi connectivity index (χ4n) is 1.37. The third-order valence-corrected chi connectivity index (χ3v) is 2.75. The molecule has 2 N–H and O–H groups in total. The van der Waals surface area contributed by atoms with E-state index in [1.165, 1.54) is 5.54 Å². The lowest BCUT2D eigenvalue weighted by atomic mass is 10.2. The van der Waals surface area contributed by atoms with Gasteiger partial charge in [0.15, 0.2) is 0 Å². The number of hydrogen-bond donors (Lipinski definition) is 1. The molecule has 0 radical (unpaired) electrons. The average Bonchev–Trinajstić information content (AvgIpc) is 2.42. The molecule has 0 fully saturated rings. The van der Waals surface area contributed by atoms with E-state index in [0.717, 1.165) is 29.1 Å². The van der Waals surface area contributed by atoms with Gasteiger partial charge in [-0.15, -0.1) is 0 Å². The Labute approximate surface area is 114 Å². The maximum absolute atomic E-state index is 5.69. The van der Waals surface area contributed by atoms with E-state index in [4.69, 9.17) is 26.8 Å². The van der Waals surface area contributed by atoms with E-state index in [9.17, 15) is 0 Å². The maximum Gasteiger partial charge on any atom is 0.127 e. The number of ether oxygens (including phenoxy) is 2. The van der Waals surface area contributed by atoms with E-state index in [-0.39, 0.29) is 0 Å². The van der Waals surface area contributed by atoms with Crippen LogP contribution < -0.4 is 15.2 Å². The van der Waals surface area contributed by atoms with E-state index in [1.54, 1.807) is 0 Å². The molecule has 1 aromatic carbocycles. The van der Waals surface area contributed by atoms with E-state index in [2.05, 4.69) is 6.92 Å². The number of nitrogens with two attached hydrogens (primary N) is 1. The van der Waals surface area contributed by atoms with Gasteiger partial charge in [-0.05, 0) is 25.0 Å². The highest BCUT2D eigenvalue weighted by Crippen LogP contribution is 2.25. The van der Waals surface area contributed by atoms with Crippen molar-refractivity contribution in [1.82, 2.24) is 0 Å². The van der Waals surface area contributed by atoms with Crippen LogP contribution >= 0.6 is 11.6 Å². The summed E-state index contributed by atoms with van der Waals surface area (Å²) in [5.74, 6) is 1.56. The van der Waals surface area contributed by atoms with Crippen LogP contribution in [0.1, 0.15) is 25.8 Å². The van der Waals surface area contributed by atoms with Gasteiger partial charge in [-0.2, -0.15) is 0 Å². The molecule has 0 spiro atoms. The second-order valence-corrected chi connectivity index (χ2v) is 4.28. The molecule has 0 aliphatic rings. The molecule has 1 aromatic rings. The van der Waals surface area contributed by atoms with Crippen LogP contribution in [-0.4, -0.2) is 13.2 Å². The first kappa shape index (κ1) is 14.9. The largest absolute Gasteiger partial charge is 0.493 e. The van der Waals surface area contributed by atoms with Gasteiger partial charge in [-0.25, -0.2) is 0 Å². The van der Waals surface area contributed by atoms with Gasteiger partial charge >= 0.3 is 0 Å². The molecule has 4 heteroatoms. The summed E-state index contributed by atoms with van der Waals surface area (Å²) in [6.45, 7) is 5.57. The van der Waals surface area contributed by atoms with Gasteiger partial charge in [0.2, 0.25) is 0 Å². The first-order chi connectivity index (χ1) is 8.71. The summed E-state index contributed by atoms with van der Waals surface area (Å²) in [5, 5.41) is 0. The van der Waals surface area contributed by atoms with Crippen molar-refractivity contribution in [2.45, 2.75) is 26.8 Å². The predicted molar refractivity (Wildman–Crippen MR) is 75.2 cm³/mol. The molecule has 3 nitrogen and oxygen atoms in total. The molecule has 0 saturated carbocycles. The molecule has 0 heterocycles. The van der Waals surface area contributed by atoms with Crippen LogP contribution in [0.4, 0.5) is 0 Å². The smallest absolute Gasteiger partial charge is 0.127 e. The van der Waals surface area contributed by atoms with Crippen molar-refractivity contribution in [2.24, 2.45) is 5.73 Å². The summed E-state index contributed by atoms with van der Waals surface area (Å²) >= 11 is 5.60. The molecule has 0 aliphatic carbocycles. The Balaban J connectivity index is 2.78. The third kappa shape index (κ3) is 4.59. The van der Waals surface area contributed by atoms with Crippen LogP contribution in [0.15, 0.2) is 29.3 Å². The van der Waals surface area contributed by atoms with E-state index in [0.29, 0.717) is 19.8 Å². The van der Waals surface area contributed by atoms with Crippen molar-refractivity contribution >= 4 is 11.6 Å². The number of hydrogen-bond acceptors (Lipinski definition) is 3. The number of halogens is 1. The lowest BCUT2D eigenvalue weighted by Crippen LogP contribution is -2.05. The Morgan fingerprint density at radius 1 is 1.39 bits per heavy atom. The summed E-state index contributed by atoms with van der Waals surface area (Å²) in [6, 6.07) is 5.72. The Morgan fingerprint density at radius 3 is 2.78 bits per heavy atom. The zero-order valence-corrected chi connectivity index (χ0v) is 11.7. The number of rotatable bonds is 7. The minimum absolute atomic E-state index is 0.438. The van der Waals surface area contributed by atoms with Crippen LogP contribution in [0.5, 0.6) is 11.5 Å². The summed E-state index contributed by atoms with van der Waals surface area (Å²) < 4.78 is 11.3. The quantitative estimate of drug-likeness (QED) is 0.824. The highest BCUT2D eigenvalue weighted by Gasteiger charge is 2.05. The Morgan fingerprint density at radius 2 is 2.17 bits per heavy atom. The predicted octanol–water partition coefficient (Wildman–Crippen LogP) is 3.46. The van der Waals surface area contributed by atoms with Crippen molar-refractivity contribution in [3.8, 4) is 11.5 Å². The molecule has 100 valence electrons. The topological polar surface area (TPSA) is 44.5 Å². The Hall–Kier alpha value is -1.19. The summed E-state index contributed by atoms with van der Waals surface area (Å²) in [6.07, 6.45) is 0.975. The fourth-order valence-corrected chi connectivity index (χ4v) is 1.43. The standard InChI is InChI=1S/C14H20ClNO2/c1-3-6-17-13-5-4-12(9-16)14(7-13)18-10-11(2)8-15/h4-5,7-8H,3,6,9-10,16H2,1-2H3/b11-8+. The van der Waals surface area contributed by atoms with Crippen LogP contribution in [-0.2, 0) is 6.54 Å². The SMILES string of the molecule is CCCOc1ccc(CN)c(OC/C(C)=C/Cl)c1. The van der Waals surface area contributed by atoms with Crippen molar-refractivity contribution < 1.29 is 9.47 Å². The molecular formula is C14H20ClNO2. The van der Waals surface area contributed by atoms with Crippen molar-refractivity contribution in [1.29, 1.82) is 0 Å². The van der Waals surface area contributed by atoms with Gasteiger partial charge in [0.25, 0.3) is 0 Å². The monoisotopic (exact) mass is 269 g/mol. The van der Waals surface area contributed by atoms with Crippen molar-refractivity contribution in [3.63, 3.8) is 0 Å². The molecule has 0 aliphatic heterocycles. The summed E-state index contributed by atoms with van der Waals surface area (Å²) in [7, 11) is 0. The van der Waals surface area contributed by atoms with E-state index in [1.807, 2.05) is 25.1 Å². The lowest BCUT2D eigenvalue weighted by molar-refractivity contribution is 0.310. The second-order valence-electron chi connectivity index (χ2n) is 4.07. The van der Waals surface area contributed by atoms with E-state index >= 15 is 0 Å². The minimum atomic E-state index is 0.438. The van der Waals surface area contributed by atoms with Crippen LogP contribution in [0, 0.1) is 0 Å². The average molecular weight is 270 g/mol. The van der Waals surface area contributed by atoms with Gasteiger partial charge < -0.3 is 15.2 Å². The summed E-state index contributed by atoms with van der Waals surface area (Å²) in [4.78, 5) is 0. The van der Waals surface area contributed by atoms with Gasteiger partial charge in [0.1, 0.15) is 18.1 Å². The van der Waals surface area contributed by atoms with Gasteiger partial charge in [0, 0.05) is 23.7 Å². The molecule has 0 saturated heterocycles. The Bertz CT molecular complexity index is 405. The van der Waals surface area contributed by atoms with Crippen molar-refractivity contribution in [3.05, 3.63) is 34.9 Å². The van der Waals surface area contributed by atoms with Crippen LogP contribution in [0.3, 0.4) is 0 Å². The second kappa shape index (κ2) is 8.01. The third-order valence-electron chi connectivity index (χ3n) is 2.37. The molecule has 0 aromatic heterocycles. The van der Waals surface area contributed by atoms with Crippen molar-refractivity contribution in [2.75, 3.05) is 13.2 Å². The van der Waals surface area contributed by atoms with Gasteiger partial charge in [-0.1, -0.05) is 24.6 Å². The maximum atomic E-state index is 5.69. The van der Waals surface area contributed by atoms with Gasteiger partial charge in [-0.3, -0.25) is 0 Å². The zero-order valence-electron chi connectivity index (χ0n) is 10.9. The molecule has 0 atom stereocenters. The van der Waals surface area contributed by atoms with Crippen LogP contribution in [0.2, 0.25) is 0 Å². The Kier molecular flexibility index (Phi) is 6.61. The van der Waals surface area contributed by atoms with Gasteiger partial charge in [0.05, 0.1) is 6.61 Å². The van der Waals surface area contributed by atoms with E-state index < -0.39 is 0 Å². The highest BCUT2D eigenvalue weighted by atomic mass is 35.5. The summed E-state index contributed by atoms with van der Waals surface area (Å²) in [5.41, 5.74) is 9.11. The first-order valence-electron chi connectivity index (χ1n) is 6.05.